The van der Waals surface area contributed by atoms with Gasteiger partial charge < -0.3 is 5.32 Å². The van der Waals surface area contributed by atoms with Crippen LogP contribution in [0.1, 0.15) is 10.8 Å². The zero-order valence-corrected chi connectivity index (χ0v) is 12.3. The van der Waals surface area contributed by atoms with E-state index in [1.54, 1.807) is 18.6 Å². The lowest BCUT2D eigenvalue weighted by atomic mass is 10.4. The molecule has 0 saturated heterocycles. The SMILES string of the molecule is Cc1nccn1-c1ccc(NCc2ncc(Cl)s2)cn1. The highest BCUT2D eigenvalue weighted by atomic mass is 35.5. The number of hydrogen-bond donors (Lipinski definition) is 1. The third kappa shape index (κ3) is 2.81. The fraction of sp³-hybridized carbons (Fsp3) is 0.154. The molecule has 0 aliphatic heterocycles. The molecule has 0 unspecified atom stereocenters. The van der Waals surface area contributed by atoms with Crippen molar-refractivity contribution in [3.05, 3.63) is 52.1 Å². The van der Waals surface area contributed by atoms with Crippen LogP contribution in [0.4, 0.5) is 5.69 Å². The van der Waals surface area contributed by atoms with Gasteiger partial charge in [0.2, 0.25) is 0 Å². The Labute approximate surface area is 125 Å². The Morgan fingerprint density at radius 1 is 1.25 bits per heavy atom. The molecule has 20 heavy (non-hydrogen) atoms. The smallest absolute Gasteiger partial charge is 0.138 e. The molecule has 0 aliphatic carbocycles. The first-order chi connectivity index (χ1) is 9.72. The van der Waals surface area contributed by atoms with Crippen LogP contribution in [-0.4, -0.2) is 19.5 Å². The van der Waals surface area contributed by atoms with Crippen molar-refractivity contribution in [1.82, 2.24) is 19.5 Å². The van der Waals surface area contributed by atoms with Crippen molar-refractivity contribution in [2.45, 2.75) is 13.5 Å². The maximum absolute atomic E-state index is 5.84. The number of nitrogens with one attached hydrogen (secondary N) is 1. The normalized spacial score (nSPS) is 10.7. The molecule has 3 aromatic rings. The average Bonchev–Trinajstić information content (AvgIpc) is 3.06. The third-order valence-electron chi connectivity index (χ3n) is 2.79. The Balaban J connectivity index is 1.69. The summed E-state index contributed by atoms with van der Waals surface area (Å²) in [5, 5.41) is 4.21. The predicted octanol–water partition coefficient (Wildman–Crippen LogP) is 3.30. The van der Waals surface area contributed by atoms with Crippen molar-refractivity contribution < 1.29 is 0 Å². The van der Waals surface area contributed by atoms with Gasteiger partial charge in [0, 0.05) is 12.4 Å². The van der Waals surface area contributed by atoms with Crippen molar-refractivity contribution in [3.8, 4) is 5.82 Å². The second kappa shape index (κ2) is 5.60. The van der Waals surface area contributed by atoms with Crippen LogP contribution in [0.3, 0.4) is 0 Å². The van der Waals surface area contributed by atoms with Crippen LogP contribution in [0, 0.1) is 6.92 Å². The molecule has 0 radical (unpaired) electrons. The summed E-state index contributed by atoms with van der Waals surface area (Å²) in [7, 11) is 0. The molecule has 0 bridgehead atoms. The summed E-state index contributed by atoms with van der Waals surface area (Å²) in [5.74, 6) is 1.76. The van der Waals surface area contributed by atoms with Gasteiger partial charge in [-0.15, -0.1) is 11.3 Å². The van der Waals surface area contributed by atoms with Crippen molar-refractivity contribution in [2.75, 3.05) is 5.32 Å². The maximum atomic E-state index is 5.84. The summed E-state index contributed by atoms with van der Waals surface area (Å²) < 4.78 is 2.63. The Hall–Kier alpha value is -1.92. The van der Waals surface area contributed by atoms with E-state index in [9.17, 15) is 0 Å². The van der Waals surface area contributed by atoms with E-state index < -0.39 is 0 Å². The van der Waals surface area contributed by atoms with Crippen LogP contribution in [0.15, 0.2) is 36.9 Å². The quantitative estimate of drug-likeness (QED) is 0.803. The number of hydrogen-bond acceptors (Lipinski definition) is 5. The van der Waals surface area contributed by atoms with Crippen molar-refractivity contribution in [1.29, 1.82) is 0 Å². The van der Waals surface area contributed by atoms with E-state index in [0.717, 1.165) is 22.3 Å². The molecule has 3 rings (SSSR count). The summed E-state index contributed by atoms with van der Waals surface area (Å²) in [6.07, 6.45) is 7.11. The van der Waals surface area contributed by atoms with Gasteiger partial charge in [-0.25, -0.2) is 15.0 Å². The number of anilines is 1. The van der Waals surface area contributed by atoms with Gasteiger partial charge in [0.05, 0.1) is 24.6 Å². The van der Waals surface area contributed by atoms with Crippen molar-refractivity contribution in [3.63, 3.8) is 0 Å². The number of imidazole rings is 1. The molecule has 0 aromatic carbocycles. The number of pyridine rings is 1. The highest BCUT2D eigenvalue weighted by Gasteiger charge is 2.03. The molecule has 3 heterocycles. The fourth-order valence-corrected chi connectivity index (χ4v) is 2.70. The van der Waals surface area contributed by atoms with Gasteiger partial charge in [-0.1, -0.05) is 11.6 Å². The van der Waals surface area contributed by atoms with Gasteiger partial charge >= 0.3 is 0 Å². The molecule has 0 atom stereocenters. The van der Waals surface area contributed by atoms with Crippen LogP contribution in [-0.2, 0) is 6.54 Å². The van der Waals surface area contributed by atoms with E-state index in [1.807, 2.05) is 29.8 Å². The summed E-state index contributed by atoms with van der Waals surface area (Å²) in [6, 6.07) is 3.93. The number of halogens is 1. The van der Waals surface area contributed by atoms with E-state index in [1.165, 1.54) is 11.3 Å². The summed E-state index contributed by atoms with van der Waals surface area (Å²) in [4.78, 5) is 12.8. The van der Waals surface area contributed by atoms with Crippen molar-refractivity contribution in [2.24, 2.45) is 0 Å². The lowest BCUT2D eigenvalue weighted by Gasteiger charge is -2.07. The molecule has 0 fully saturated rings. The Morgan fingerprint density at radius 3 is 2.75 bits per heavy atom. The average molecular weight is 306 g/mol. The molecule has 0 amide bonds. The summed E-state index contributed by atoms with van der Waals surface area (Å²) >= 11 is 7.31. The standard InChI is InChI=1S/C13H12ClN5S/c1-9-15-4-5-19(9)12-3-2-10(6-17-12)16-8-13-18-7-11(14)20-13/h2-7,16H,8H2,1H3. The molecule has 7 heteroatoms. The monoisotopic (exact) mass is 305 g/mol. The zero-order chi connectivity index (χ0) is 13.9. The minimum atomic E-state index is 0.641. The van der Waals surface area contributed by atoms with E-state index in [4.69, 9.17) is 11.6 Å². The van der Waals surface area contributed by atoms with E-state index in [2.05, 4.69) is 20.3 Å². The zero-order valence-electron chi connectivity index (χ0n) is 10.7. The van der Waals surface area contributed by atoms with Crippen LogP contribution >= 0.6 is 22.9 Å². The van der Waals surface area contributed by atoms with E-state index >= 15 is 0 Å². The van der Waals surface area contributed by atoms with Gasteiger partial charge in [0.1, 0.15) is 21.0 Å². The molecule has 1 N–H and O–H groups in total. The minimum absolute atomic E-state index is 0.641. The second-order valence-corrected chi connectivity index (χ2v) is 5.91. The number of nitrogens with zero attached hydrogens (tertiary/aromatic N) is 4. The highest BCUT2D eigenvalue weighted by molar-refractivity contribution is 7.15. The molecule has 0 saturated carbocycles. The molecular formula is C13H12ClN5S. The molecular weight excluding hydrogens is 294 g/mol. The second-order valence-electron chi connectivity index (χ2n) is 4.16. The lowest BCUT2D eigenvalue weighted by Crippen LogP contribution is -2.02. The largest absolute Gasteiger partial charge is 0.377 e. The number of aryl methyl sites for hydroxylation is 1. The minimum Gasteiger partial charge on any atom is -0.377 e. The van der Waals surface area contributed by atoms with Gasteiger partial charge in [0.25, 0.3) is 0 Å². The molecule has 0 aliphatic rings. The third-order valence-corrected chi connectivity index (χ3v) is 3.90. The maximum Gasteiger partial charge on any atom is 0.138 e. The van der Waals surface area contributed by atoms with Gasteiger partial charge in [-0.3, -0.25) is 4.57 Å². The molecule has 0 spiro atoms. The van der Waals surface area contributed by atoms with E-state index in [-0.39, 0.29) is 0 Å². The van der Waals surface area contributed by atoms with E-state index in [0.29, 0.717) is 10.9 Å². The van der Waals surface area contributed by atoms with Crippen LogP contribution in [0.25, 0.3) is 5.82 Å². The lowest BCUT2D eigenvalue weighted by molar-refractivity contribution is 0.932. The molecule has 5 nitrogen and oxygen atoms in total. The topological polar surface area (TPSA) is 55.6 Å². The number of rotatable bonds is 4. The molecule has 3 aromatic heterocycles. The van der Waals surface area contributed by atoms with Gasteiger partial charge in [0.15, 0.2) is 0 Å². The highest BCUT2D eigenvalue weighted by Crippen LogP contribution is 2.19. The molecule has 102 valence electrons. The summed E-state index contributed by atoms with van der Waals surface area (Å²) in [5.41, 5.74) is 0.942. The fourth-order valence-electron chi connectivity index (χ4n) is 1.80. The Morgan fingerprint density at radius 2 is 2.15 bits per heavy atom. The first-order valence-electron chi connectivity index (χ1n) is 6.03. The number of aromatic nitrogens is 4. The van der Waals surface area contributed by atoms with Crippen LogP contribution in [0.2, 0.25) is 4.34 Å². The van der Waals surface area contributed by atoms with Gasteiger partial charge in [-0.2, -0.15) is 0 Å². The summed E-state index contributed by atoms with van der Waals surface area (Å²) in [6.45, 7) is 2.59. The van der Waals surface area contributed by atoms with Crippen molar-refractivity contribution >= 4 is 28.6 Å². The van der Waals surface area contributed by atoms with Gasteiger partial charge in [-0.05, 0) is 19.1 Å². The predicted molar refractivity (Wildman–Crippen MR) is 80.5 cm³/mol. The van der Waals surface area contributed by atoms with Crippen LogP contribution < -0.4 is 5.32 Å². The van der Waals surface area contributed by atoms with Crippen LogP contribution in [0.5, 0.6) is 0 Å². The number of thiazole rings is 1. The first kappa shape index (κ1) is 13.1. The Kier molecular flexibility index (Phi) is 3.66. The first-order valence-corrected chi connectivity index (χ1v) is 7.22. The Bertz CT molecular complexity index is 704.